The summed E-state index contributed by atoms with van der Waals surface area (Å²) in [6.07, 6.45) is 0. The van der Waals surface area contributed by atoms with Crippen LogP contribution in [0.4, 0.5) is 0 Å². The van der Waals surface area contributed by atoms with E-state index in [4.69, 9.17) is 8.85 Å². The van der Waals surface area contributed by atoms with Crippen molar-refractivity contribution in [3.63, 3.8) is 0 Å². The van der Waals surface area contributed by atoms with Crippen LogP contribution in [0.15, 0.2) is 84.9 Å². The molecule has 0 spiro atoms. The second-order valence-electron chi connectivity index (χ2n) is 11.1. The molecule has 4 heteroatoms. The molecule has 0 aliphatic carbocycles. The zero-order valence-corrected chi connectivity index (χ0v) is 22.9. The van der Waals surface area contributed by atoms with Crippen LogP contribution in [0.3, 0.4) is 0 Å². The molecule has 0 atom stereocenters. The van der Waals surface area contributed by atoms with E-state index in [2.05, 4.69) is 140 Å². The summed E-state index contributed by atoms with van der Waals surface area (Å²) < 4.78 is 13.6. The minimum atomic E-state index is -2.62. The average molecular weight is 463 g/mol. The summed E-state index contributed by atoms with van der Waals surface area (Å²) in [5.41, 5.74) is 0. The molecular weight excluding hydrogens is 424 g/mol. The molecule has 0 unspecified atom stereocenters. The lowest BCUT2D eigenvalue weighted by molar-refractivity contribution is 0.487. The fraction of sp³-hybridized carbons (Fsp3) is 0.357. The van der Waals surface area contributed by atoms with Crippen LogP contribution in [0.5, 0.6) is 11.5 Å². The molecular formula is C28H38O2Si2. The molecule has 0 radical (unpaired) electrons. The number of hydrogen-bond acceptors (Lipinski definition) is 2. The molecule has 0 heterocycles. The Balaban J connectivity index is 2.03. The van der Waals surface area contributed by atoms with Gasteiger partial charge >= 0.3 is 8.32 Å². The van der Waals surface area contributed by atoms with Crippen LogP contribution in [0.25, 0.3) is 0 Å². The molecule has 0 fully saturated rings. The van der Waals surface area contributed by atoms with E-state index in [1.807, 2.05) is 0 Å². The topological polar surface area (TPSA) is 18.5 Å². The van der Waals surface area contributed by atoms with Gasteiger partial charge in [-0.15, -0.1) is 0 Å². The van der Waals surface area contributed by atoms with Crippen LogP contribution in [0.2, 0.25) is 23.2 Å². The van der Waals surface area contributed by atoms with Crippen molar-refractivity contribution in [1.29, 1.82) is 0 Å². The Morgan fingerprint density at radius 3 is 1.22 bits per heavy atom. The molecule has 3 aromatic carbocycles. The quantitative estimate of drug-likeness (QED) is 0.367. The van der Waals surface area contributed by atoms with Crippen molar-refractivity contribution >= 4 is 27.0 Å². The fourth-order valence-corrected chi connectivity index (χ4v) is 9.30. The summed E-state index contributed by atoms with van der Waals surface area (Å²) in [5, 5.41) is 2.66. The van der Waals surface area contributed by atoms with Gasteiger partial charge < -0.3 is 8.85 Å². The first-order valence-corrected chi connectivity index (χ1v) is 16.3. The van der Waals surface area contributed by atoms with Gasteiger partial charge in [-0.3, -0.25) is 0 Å². The first-order valence-electron chi connectivity index (χ1n) is 11.5. The molecule has 0 aromatic heterocycles. The first-order chi connectivity index (χ1) is 14.9. The van der Waals surface area contributed by atoms with Crippen LogP contribution in [-0.2, 0) is 0 Å². The van der Waals surface area contributed by atoms with Crippen molar-refractivity contribution in [2.75, 3.05) is 0 Å². The Morgan fingerprint density at radius 1 is 0.500 bits per heavy atom. The van der Waals surface area contributed by atoms with E-state index < -0.39 is 16.6 Å². The van der Waals surface area contributed by atoms with Gasteiger partial charge in [0, 0.05) is 0 Å². The first kappa shape index (κ1) is 24.3. The fourth-order valence-electron chi connectivity index (χ4n) is 3.85. The van der Waals surface area contributed by atoms with Gasteiger partial charge in [0.15, 0.2) is 0 Å². The molecule has 0 aliphatic heterocycles. The molecule has 32 heavy (non-hydrogen) atoms. The maximum absolute atomic E-state index is 7.09. The van der Waals surface area contributed by atoms with E-state index in [-0.39, 0.29) is 10.1 Å². The van der Waals surface area contributed by atoms with Crippen molar-refractivity contribution in [3.05, 3.63) is 84.9 Å². The van der Waals surface area contributed by atoms with E-state index in [1.54, 1.807) is 0 Å². The zero-order chi connectivity index (χ0) is 23.6. The molecule has 0 saturated heterocycles. The van der Waals surface area contributed by atoms with Gasteiger partial charge in [-0.05, 0) is 57.8 Å². The molecule has 0 bridgehead atoms. The Hall–Kier alpha value is -2.31. The second kappa shape index (κ2) is 8.91. The van der Waals surface area contributed by atoms with Crippen molar-refractivity contribution in [2.45, 2.75) is 64.7 Å². The SMILES string of the molecule is CC(C)(C)[Si](C)(C)Oc1ccc(O[Si](c2ccccc2)(c2ccccc2)C(C)(C)C)cc1. The van der Waals surface area contributed by atoms with E-state index in [1.165, 1.54) is 10.4 Å². The van der Waals surface area contributed by atoms with Gasteiger partial charge in [0.25, 0.3) is 0 Å². The molecule has 170 valence electrons. The smallest absolute Gasteiger partial charge is 0.319 e. The predicted molar refractivity (Wildman–Crippen MR) is 143 cm³/mol. The Morgan fingerprint density at radius 2 is 0.875 bits per heavy atom. The van der Waals surface area contributed by atoms with Crippen LogP contribution in [0, 0.1) is 0 Å². The highest BCUT2D eigenvalue weighted by Crippen LogP contribution is 2.39. The molecule has 3 rings (SSSR count). The van der Waals surface area contributed by atoms with E-state index in [0.717, 1.165) is 11.5 Å². The van der Waals surface area contributed by atoms with Gasteiger partial charge in [-0.1, -0.05) is 102 Å². The zero-order valence-electron chi connectivity index (χ0n) is 20.9. The van der Waals surface area contributed by atoms with Crippen LogP contribution in [0.1, 0.15) is 41.5 Å². The third-order valence-electron chi connectivity index (χ3n) is 6.69. The number of benzene rings is 3. The van der Waals surface area contributed by atoms with Crippen molar-refractivity contribution in [1.82, 2.24) is 0 Å². The summed E-state index contributed by atoms with van der Waals surface area (Å²) in [5.74, 6) is 1.81. The van der Waals surface area contributed by atoms with Gasteiger partial charge in [0.2, 0.25) is 8.32 Å². The Bertz CT molecular complexity index is 960. The molecule has 2 nitrogen and oxygen atoms in total. The highest BCUT2D eigenvalue weighted by Gasteiger charge is 2.52. The van der Waals surface area contributed by atoms with Crippen molar-refractivity contribution in [2.24, 2.45) is 0 Å². The monoisotopic (exact) mass is 462 g/mol. The summed E-state index contributed by atoms with van der Waals surface area (Å²) in [6.45, 7) is 18.2. The summed E-state index contributed by atoms with van der Waals surface area (Å²) in [6, 6.07) is 29.8. The van der Waals surface area contributed by atoms with Crippen molar-refractivity contribution in [3.8, 4) is 11.5 Å². The van der Waals surface area contributed by atoms with Gasteiger partial charge in [0.05, 0.1) is 0 Å². The van der Waals surface area contributed by atoms with Crippen LogP contribution < -0.4 is 19.2 Å². The summed E-state index contributed by atoms with van der Waals surface area (Å²) in [4.78, 5) is 0. The Labute approximate surface area is 196 Å². The summed E-state index contributed by atoms with van der Waals surface area (Å²) in [7, 11) is -4.49. The predicted octanol–water partition coefficient (Wildman–Crippen LogP) is 7.01. The highest BCUT2D eigenvalue weighted by molar-refractivity contribution is 7.00. The highest BCUT2D eigenvalue weighted by atomic mass is 28.4. The van der Waals surface area contributed by atoms with Crippen molar-refractivity contribution < 1.29 is 8.85 Å². The van der Waals surface area contributed by atoms with Crippen LogP contribution >= 0.6 is 0 Å². The summed E-state index contributed by atoms with van der Waals surface area (Å²) >= 11 is 0. The lowest BCUT2D eigenvalue weighted by Gasteiger charge is -2.43. The second-order valence-corrected chi connectivity index (χ2v) is 20.0. The third kappa shape index (κ3) is 4.86. The van der Waals surface area contributed by atoms with Gasteiger partial charge in [-0.25, -0.2) is 0 Å². The maximum atomic E-state index is 7.09. The lowest BCUT2D eigenvalue weighted by atomic mass is 10.2. The average Bonchev–Trinajstić information content (AvgIpc) is 2.72. The van der Waals surface area contributed by atoms with E-state index in [9.17, 15) is 0 Å². The lowest BCUT2D eigenvalue weighted by Crippen LogP contribution is -2.68. The number of rotatable bonds is 6. The molecule has 0 N–H and O–H groups in total. The molecule has 0 amide bonds. The van der Waals surface area contributed by atoms with Gasteiger partial charge in [0.1, 0.15) is 11.5 Å². The standard InChI is InChI=1S/C28H38O2Si2/c1-27(2,3)31(7,8)29-23-19-21-24(22-20-23)30-32(28(4,5)6,25-15-11-9-12-16-25)26-17-13-10-14-18-26/h9-22H,1-8H3. The third-order valence-corrected chi connectivity index (χ3v) is 16.0. The largest absolute Gasteiger partial charge is 0.543 e. The minimum absolute atomic E-state index is 0.0635. The molecule has 3 aromatic rings. The molecule has 0 saturated carbocycles. The maximum Gasteiger partial charge on any atom is 0.319 e. The van der Waals surface area contributed by atoms with Crippen LogP contribution in [-0.4, -0.2) is 16.6 Å². The van der Waals surface area contributed by atoms with E-state index in [0.29, 0.717) is 0 Å². The van der Waals surface area contributed by atoms with E-state index >= 15 is 0 Å². The minimum Gasteiger partial charge on any atom is -0.543 e. The normalized spacial score (nSPS) is 13.0. The number of hydrogen-bond donors (Lipinski definition) is 0. The molecule has 0 aliphatic rings. The Kier molecular flexibility index (Phi) is 6.78. The van der Waals surface area contributed by atoms with Gasteiger partial charge in [-0.2, -0.15) is 0 Å².